The van der Waals surface area contributed by atoms with Gasteiger partial charge in [0.25, 0.3) is 0 Å². The lowest BCUT2D eigenvalue weighted by atomic mass is 10.0. The Balaban J connectivity index is 1.63. The summed E-state index contributed by atoms with van der Waals surface area (Å²) in [6.45, 7) is 2.16. The van der Waals surface area contributed by atoms with Gasteiger partial charge >= 0.3 is 0 Å². The molecule has 0 heterocycles. The number of benzene rings is 1. The highest BCUT2D eigenvalue weighted by Gasteiger charge is 2.13. The van der Waals surface area contributed by atoms with E-state index >= 15 is 0 Å². The minimum absolute atomic E-state index is 0.995. The van der Waals surface area contributed by atoms with E-state index in [4.69, 9.17) is 0 Å². The van der Waals surface area contributed by atoms with Crippen molar-refractivity contribution < 1.29 is 0 Å². The van der Waals surface area contributed by atoms with Gasteiger partial charge in [-0.05, 0) is 36.6 Å². The molecular formula is C15H24N2. The first-order valence-electron chi connectivity index (χ1n) is 6.86. The highest BCUT2D eigenvalue weighted by atomic mass is 14.8. The van der Waals surface area contributed by atoms with E-state index in [9.17, 15) is 0 Å². The maximum Gasteiger partial charge on any atom is 0.0337 e. The molecule has 0 aromatic heterocycles. The van der Waals surface area contributed by atoms with Crippen LogP contribution in [0.5, 0.6) is 0 Å². The van der Waals surface area contributed by atoms with Crippen molar-refractivity contribution in [3.05, 3.63) is 29.8 Å². The Kier molecular flexibility index (Phi) is 4.87. The van der Waals surface area contributed by atoms with Crippen LogP contribution in [0, 0.1) is 5.92 Å². The molecule has 94 valence electrons. The van der Waals surface area contributed by atoms with E-state index in [0.717, 1.165) is 12.5 Å². The van der Waals surface area contributed by atoms with Gasteiger partial charge in [0, 0.05) is 19.3 Å². The predicted octanol–water partition coefficient (Wildman–Crippen LogP) is 3.40. The first-order valence-corrected chi connectivity index (χ1v) is 6.86. The molecule has 1 fully saturated rings. The fraction of sp³-hybridized carbons (Fsp3) is 0.600. The molecule has 1 aliphatic rings. The Hall–Kier alpha value is -1.02. The van der Waals surface area contributed by atoms with Gasteiger partial charge in [-0.1, -0.05) is 37.8 Å². The molecule has 2 nitrogen and oxygen atoms in total. The molecule has 0 unspecified atom stereocenters. The van der Waals surface area contributed by atoms with Gasteiger partial charge in [-0.25, -0.2) is 0 Å². The lowest BCUT2D eigenvalue weighted by Crippen LogP contribution is -2.16. The SMILES string of the molecule is CNc1ccc(CNCCC2CCCC2)cc1. The van der Waals surface area contributed by atoms with Crippen molar-refractivity contribution in [1.82, 2.24) is 5.32 Å². The largest absolute Gasteiger partial charge is 0.388 e. The van der Waals surface area contributed by atoms with Crippen LogP contribution in [0.2, 0.25) is 0 Å². The molecule has 2 N–H and O–H groups in total. The molecule has 0 saturated heterocycles. The average Bonchev–Trinajstić information content (AvgIpc) is 2.88. The highest BCUT2D eigenvalue weighted by molar-refractivity contribution is 5.43. The second-order valence-corrected chi connectivity index (χ2v) is 5.06. The van der Waals surface area contributed by atoms with Gasteiger partial charge in [-0.3, -0.25) is 0 Å². The summed E-state index contributed by atoms with van der Waals surface area (Å²) < 4.78 is 0. The van der Waals surface area contributed by atoms with Gasteiger partial charge in [0.15, 0.2) is 0 Å². The van der Waals surface area contributed by atoms with E-state index in [1.54, 1.807) is 0 Å². The third-order valence-electron chi connectivity index (χ3n) is 3.78. The average molecular weight is 232 g/mol. The number of hydrogen-bond donors (Lipinski definition) is 2. The second-order valence-electron chi connectivity index (χ2n) is 5.06. The minimum Gasteiger partial charge on any atom is -0.388 e. The van der Waals surface area contributed by atoms with E-state index in [1.807, 2.05) is 7.05 Å². The molecule has 0 atom stereocenters. The van der Waals surface area contributed by atoms with E-state index in [1.165, 1.54) is 49.9 Å². The van der Waals surface area contributed by atoms with E-state index in [2.05, 4.69) is 34.9 Å². The number of anilines is 1. The molecule has 0 radical (unpaired) electrons. The predicted molar refractivity (Wildman–Crippen MR) is 74.3 cm³/mol. The fourth-order valence-corrected chi connectivity index (χ4v) is 2.63. The van der Waals surface area contributed by atoms with Crippen LogP contribution in [-0.4, -0.2) is 13.6 Å². The molecule has 0 aliphatic heterocycles. The standard InChI is InChI=1S/C15H24N2/c1-16-15-8-6-14(7-9-15)12-17-11-10-13-4-2-3-5-13/h6-9,13,16-17H,2-5,10-12H2,1H3. The van der Waals surface area contributed by atoms with E-state index in [-0.39, 0.29) is 0 Å². The Morgan fingerprint density at radius 2 is 1.82 bits per heavy atom. The van der Waals surface area contributed by atoms with Gasteiger partial charge in [0.2, 0.25) is 0 Å². The molecule has 1 aromatic carbocycles. The molecule has 2 heteroatoms. The Labute approximate surface area is 105 Å². The van der Waals surface area contributed by atoms with Crippen LogP contribution in [0.1, 0.15) is 37.7 Å². The molecule has 2 rings (SSSR count). The minimum atomic E-state index is 0.995. The summed E-state index contributed by atoms with van der Waals surface area (Å²) in [5.41, 5.74) is 2.55. The van der Waals surface area contributed by atoms with E-state index in [0.29, 0.717) is 0 Å². The molecule has 0 bridgehead atoms. The normalized spacial score (nSPS) is 16.3. The third kappa shape index (κ3) is 4.04. The number of rotatable bonds is 6. The zero-order valence-corrected chi connectivity index (χ0v) is 10.8. The Morgan fingerprint density at radius 1 is 1.12 bits per heavy atom. The first kappa shape index (κ1) is 12.4. The van der Waals surface area contributed by atoms with Gasteiger partial charge in [-0.15, -0.1) is 0 Å². The maximum atomic E-state index is 3.55. The van der Waals surface area contributed by atoms with Crippen LogP contribution in [0.15, 0.2) is 24.3 Å². The molecular weight excluding hydrogens is 208 g/mol. The van der Waals surface area contributed by atoms with Crippen LogP contribution in [0.4, 0.5) is 5.69 Å². The summed E-state index contributed by atoms with van der Waals surface area (Å²) in [5.74, 6) is 0.995. The molecule has 1 aliphatic carbocycles. The van der Waals surface area contributed by atoms with Gasteiger partial charge in [0.05, 0.1) is 0 Å². The van der Waals surface area contributed by atoms with Crippen molar-refractivity contribution in [1.29, 1.82) is 0 Å². The van der Waals surface area contributed by atoms with Crippen molar-refractivity contribution in [3.63, 3.8) is 0 Å². The summed E-state index contributed by atoms with van der Waals surface area (Å²) in [6.07, 6.45) is 7.18. The van der Waals surface area contributed by atoms with Gasteiger partial charge in [0.1, 0.15) is 0 Å². The Morgan fingerprint density at radius 3 is 2.47 bits per heavy atom. The highest BCUT2D eigenvalue weighted by Crippen LogP contribution is 2.26. The molecule has 0 amide bonds. The second kappa shape index (κ2) is 6.65. The first-order chi connectivity index (χ1) is 8.38. The fourth-order valence-electron chi connectivity index (χ4n) is 2.63. The smallest absolute Gasteiger partial charge is 0.0337 e. The summed E-state index contributed by atoms with van der Waals surface area (Å²) in [4.78, 5) is 0. The topological polar surface area (TPSA) is 24.1 Å². The zero-order valence-electron chi connectivity index (χ0n) is 10.8. The summed E-state index contributed by atoms with van der Waals surface area (Å²) in [6, 6.07) is 8.64. The van der Waals surface area contributed by atoms with E-state index < -0.39 is 0 Å². The van der Waals surface area contributed by atoms with Crippen molar-refractivity contribution >= 4 is 5.69 Å². The van der Waals surface area contributed by atoms with Crippen LogP contribution in [-0.2, 0) is 6.54 Å². The van der Waals surface area contributed by atoms with Crippen LogP contribution < -0.4 is 10.6 Å². The van der Waals surface area contributed by atoms with Crippen molar-refractivity contribution in [3.8, 4) is 0 Å². The third-order valence-corrected chi connectivity index (χ3v) is 3.78. The maximum absolute atomic E-state index is 3.55. The molecule has 0 spiro atoms. The number of nitrogens with one attached hydrogen (secondary N) is 2. The molecule has 1 aromatic rings. The zero-order chi connectivity index (χ0) is 11.9. The van der Waals surface area contributed by atoms with Crippen LogP contribution in [0.25, 0.3) is 0 Å². The molecule has 1 saturated carbocycles. The van der Waals surface area contributed by atoms with Crippen molar-refractivity contribution in [2.45, 2.75) is 38.6 Å². The van der Waals surface area contributed by atoms with Crippen molar-refractivity contribution in [2.24, 2.45) is 5.92 Å². The summed E-state index contributed by atoms with van der Waals surface area (Å²) in [5, 5.41) is 6.68. The van der Waals surface area contributed by atoms with Crippen LogP contribution >= 0.6 is 0 Å². The lowest BCUT2D eigenvalue weighted by Gasteiger charge is -2.10. The monoisotopic (exact) mass is 232 g/mol. The van der Waals surface area contributed by atoms with Gasteiger partial charge < -0.3 is 10.6 Å². The Bertz CT molecular complexity index is 312. The molecule has 17 heavy (non-hydrogen) atoms. The number of hydrogen-bond acceptors (Lipinski definition) is 2. The quantitative estimate of drug-likeness (QED) is 0.735. The summed E-state index contributed by atoms with van der Waals surface area (Å²) in [7, 11) is 1.95. The van der Waals surface area contributed by atoms with Gasteiger partial charge in [-0.2, -0.15) is 0 Å². The lowest BCUT2D eigenvalue weighted by molar-refractivity contribution is 0.477. The van der Waals surface area contributed by atoms with Crippen molar-refractivity contribution in [2.75, 3.05) is 18.9 Å². The summed E-state index contributed by atoms with van der Waals surface area (Å²) >= 11 is 0. The van der Waals surface area contributed by atoms with Crippen LogP contribution in [0.3, 0.4) is 0 Å².